The molecular formula is C5H5N5O. The van der Waals surface area contributed by atoms with Gasteiger partial charge < -0.3 is 4.90 Å². The lowest BCUT2D eigenvalue weighted by molar-refractivity contribution is -0.665. The molecule has 0 saturated heterocycles. The van der Waals surface area contributed by atoms with Crippen LogP contribution in [-0.4, -0.2) is 21.7 Å². The van der Waals surface area contributed by atoms with Crippen molar-refractivity contribution in [1.29, 1.82) is 0 Å². The Labute approximate surface area is 61.6 Å². The first kappa shape index (κ1) is 6.17. The third kappa shape index (κ3) is 0.761. The Bertz CT molecular complexity index is 367. The summed E-state index contributed by atoms with van der Waals surface area (Å²) in [6, 6.07) is 0. The Morgan fingerprint density at radius 2 is 2.45 bits per heavy atom. The Morgan fingerprint density at radius 3 is 3.18 bits per heavy atom. The molecule has 1 aliphatic heterocycles. The zero-order chi connectivity index (χ0) is 7.84. The molecule has 2 rings (SSSR count). The van der Waals surface area contributed by atoms with Crippen molar-refractivity contribution in [1.82, 2.24) is 15.4 Å². The van der Waals surface area contributed by atoms with Crippen molar-refractivity contribution in [3.05, 3.63) is 17.4 Å². The van der Waals surface area contributed by atoms with Crippen LogP contribution in [0.2, 0.25) is 0 Å². The predicted molar refractivity (Wildman–Crippen MR) is 36.8 cm³/mol. The molecule has 11 heavy (non-hydrogen) atoms. The Kier molecular flexibility index (Phi) is 1.10. The van der Waals surface area contributed by atoms with E-state index in [1.54, 1.807) is 0 Å². The van der Waals surface area contributed by atoms with Crippen molar-refractivity contribution in [3.63, 3.8) is 0 Å². The number of aromatic nitrogens is 3. The number of fused-ring (bicyclic) bond motifs is 1. The fraction of sp³-hybridized carbons (Fsp3) is 0. The highest BCUT2D eigenvalue weighted by atomic mass is 16.1. The van der Waals surface area contributed by atoms with Crippen LogP contribution < -0.4 is 10.5 Å². The summed E-state index contributed by atoms with van der Waals surface area (Å²) in [6.45, 7) is 0. The molecule has 0 aliphatic carbocycles. The lowest BCUT2D eigenvalue weighted by atomic mass is 10.5. The maximum Gasteiger partial charge on any atom is 0.299 e. The molecule has 2 N–H and O–H groups in total. The number of aliphatic imine (C=N–C) groups is 1. The summed E-state index contributed by atoms with van der Waals surface area (Å²) in [5, 5.41) is 9.23. The van der Waals surface area contributed by atoms with Gasteiger partial charge in [-0.25, -0.2) is 5.10 Å². The van der Waals surface area contributed by atoms with E-state index in [0.29, 0.717) is 16.4 Å². The maximum atomic E-state index is 10.9. The van der Waals surface area contributed by atoms with E-state index in [1.165, 1.54) is 6.34 Å². The average Bonchev–Trinajstić information content (AvgIpc) is 2.35. The molecule has 56 valence electrons. The van der Waals surface area contributed by atoms with Crippen LogP contribution in [-0.2, 0) is 0 Å². The van der Waals surface area contributed by atoms with Crippen LogP contribution in [0.3, 0.4) is 0 Å². The highest BCUT2D eigenvalue weighted by Gasteiger charge is 2.18. The zero-order valence-electron chi connectivity index (χ0n) is 5.53. The van der Waals surface area contributed by atoms with Gasteiger partial charge in [-0.05, 0) is 0 Å². The second-order valence-electron chi connectivity index (χ2n) is 2.12. The monoisotopic (exact) mass is 151 g/mol. The Morgan fingerprint density at radius 1 is 1.64 bits per heavy atom. The number of H-pyrrole nitrogens is 1. The van der Waals surface area contributed by atoms with Gasteiger partial charge in [0.05, 0.1) is 0 Å². The van der Waals surface area contributed by atoms with Crippen molar-refractivity contribution in [2.75, 3.05) is 0 Å². The van der Waals surface area contributed by atoms with Crippen LogP contribution in [0.15, 0.2) is 9.79 Å². The summed E-state index contributed by atoms with van der Waals surface area (Å²) >= 11 is 0. The number of rotatable bonds is 0. The quantitative estimate of drug-likeness (QED) is 0.427. The van der Waals surface area contributed by atoms with E-state index >= 15 is 0 Å². The highest BCUT2D eigenvalue weighted by Crippen LogP contribution is 2.12. The number of nitrogens with one attached hydrogen (secondary N) is 2. The SMILES string of the molecule is [CH2-][NH+]1C=Nc2c1nn[nH]c2=O. The smallest absolute Gasteiger partial charge is 0.299 e. The normalized spacial score (nSPS) is 20.3. The molecular weight excluding hydrogens is 146 g/mol. The summed E-state index contributed by atoms with van der Waals surface area (Å²) in [5.41, 5.74) is -0.0325. The highest BCUT2D eigenvalue weighted by molar-refractivity contribution is 5.67. The number of quaternary nitrogens is 1. The van der Waals surface area contributed by atoms with Gasteiger partial charge in [-0.3, -0.25) is 4.79 Å². The second kappa shape index (κ2) is 1.96. The van der Waals surface area contributed by atoms with Gasteiger partial charge in [-0.2, -0.15) is 4.99 Å². The van der Waals surface area contributed by atoms with Crippen molar-refractivity contribution in [2.24, 2.45) is 4.99 Å². The second-order valence-corrected chi connectivity index (χ2v) is 2.12. The van der Waals surface area contributed by atoms with Crippen molar-refractivity contribution >= 4 is 17.8 Å². The average molecular weight is 151 g/mol. The van der Waals surface area contributed by atoms with Gasteiger partial charge in [0.1, 0.15) is 0 Å². The molecule has 2 heterocycles. The number of hydrogen-bond acceptors (Lipinski definition) is 4. The summed E-state index contributed by atoms with van der Waals surface area (Å²) in [6.07, 6.45) is 1.49. The lowest BCUT2D eigenvalue weighted by Gasteiger charge is -2.04. The molecule has 1 aliphatic rings. The molecule has 0 bridgehead atoms. The predicted octanol–water partition coefficient (Wildman–Crippen LogP) is -1.85. The van der Waals surface area contributed by atoms with Gasteiger partial charge in [0.2, 0.25) is 5.69 Å². The van der Waals surface area contributed by atoms with E-state index in [0.717, 1.165) is 0 Å². The van der Waals surface area contributed by atoms with Gasteiger partial charge in [-0.15, -0.1) is 7.05 Å². The van der Waals surface area contributed by atoms with Crippen LogP contribution in [0, 0.1) is 7.05 Å². The molecule has 0 radical (unpaired) electrons. The first-order valence-corrected chi connectivity index (χ1v) is 2.98. The standard InChI is InChI=1S/C5H5N5O/c1-10-2-6-3-4(10)7-9-8-5(3)11/h2,10H,1H2,(H,7,8,11). The Balaban J connectivity index is 2.74. The fourth-order valence-corrected chi connectivity index (χ4v) is 0.868. The summed E-state index contributed by atoms with van der Waals surface area (Å²) in [4.78, 5) is 15.4. The van der Waals surface area contributed by atoms with E-state index < -0.39 is 0 Å². The minimum atomic E-state index is -0.329. The molecule has 0 saturated carbocycles. The van der Waals surface area contributed by atoms with Gasteiger partial charge in [0.25, 0.3) is 11.4 Å². The molecule has 1 unspecified atom stereocenters. The zero-order valence-corrected chi connectivity index (χ0v) is 5.53. The fourth-order valence-electron chi connectivity index (χ4n) is 0.868. The third-order valence-electron chi connectivity index (χ3n) is 1.39. The van der Waals surface area contributed by atoms with E-state index in [2.05, 4.69) is 27.5 Å². The molecule has 1 aromatic rings. The summed E-state index contributed by atoms with van der Waals surface area (Å²) in [7, 11) is 3.63. The minimum absolute atomic E-state index is 0.296. The molecule has 6 heteroatoms. The van der Waals surface area contributed by atoms with Crippen molar-refractivity contribution < 1.29 is 4.90 Å². The van der Waals surface area contributed by atoms with E-state index in [1.807, 2.05) is 0 Å². The van der Waals surface area contributed by atoms with Crippen LogP contribution >= 0.6 is 0 Å². The van der Waals surface area contributed by atoms with Crippen molar-refractivity contribution in [3.8, 4) is 0 Å². The number of aromatic amines is 1. The van der Waals surface area contributed by atoms with Gasteiger partial charge in [-0.1, -0.05) is 10.3 Å². The number of nitrogens with zero attached hydrogens (tertiary/aromatic N) is 3. The maximum absolute atomic E-state index is 10.9. The lowest BCUT2D eigenvalue weighted by Crippen LogP contribution is -2.99. The molecule has 0 fully saturated rings. The van der Waals surface area contributed by atoms with E-state index in [9.17, 15) is 4.79 Å². The van der Waals surface area contributed by atoms with Crippen LogP contribution in [0.1, 0.15) is 0 Å². The topological polar surface area (TPSA) is 75.4 Å². The molecule has 1 aromatic heterocycles. The minimum Gasteiger partial charge on any atom is -0.372 e. The van der Waals surface area contributed by atoms with Gasteiger partial charge in [0.15, 0.2) is 6.34 Å². The molecule has 0 aromatic carbocycles. The largest absolute Gasteiger partial charge is 0.372 e. The molecule has 6 nitrogen and oxygen atoms in total. The summed E-state index contributed by atoms with van der Waals surface area (Å²) in [5.74, 6) is 0.466. The first-order valence-electron chi connectivity index (χ1n) is 2.98. The van der Waals surface area contributed by atoms with E-state index in [-0.39, 0.29) is 5.56 Å². The van der Waals surface area contributed by atoms with Crippen LogP contribution in [0.25, 0.3) is 0 Å². The molecule has 1 atom stereocenters. The van der Waals surface area contributed by atoms with Crippen LogP contribution in [0.5, 0.6) is 0 Å². The van der Waals surface area contributed by atoms with Crippen molar-refractivity contribution in [2.45, 2.75) is 0 Å². The summed E-state index contributed by atoms with van der Waals surface area (Å²) < 4.78 is 0. The third-order valence-corrected chi connectivity index (χ3v) is 1.39. The first-order chi connectivity index (χ1) is 5.29. The van der Waals surface area contributed by atoms with Gasteiger partial charge in [0, 0.05) is 0 Å². The van der Waals surface area contributed by atoms with Gasteiger partial charge >= 0.3 is 0 Å². The molecule has 0 amide bonds. The number of hydrogen-bond donors (Lipinski definition) is 2. The van der Waals surface area contributed by atoms with E-state index in [4.69, 9.17) is 0 Å². The molecule has 0 spiro atoms. The van der Waals surface area contributed by atoms with Crippen LogP contribution in [0.4, 0.5) is 11.5 Å². The Hall–Kier alpha value is -1.56.